The van der Waals surface area contributed by atoms with Crippen LogP contribution in [0, 0.1) is 0 Å². The van der Waals surface area contributed by atoms with Crippen LogP contribution in [-0.4, -0.2) is 33.7 Å². The first-order valence-corrected chi connectivity index (χ1v) is 9.74. The van der Waals surface area contributed by atoms with E-state index in [1.807, 2.05) is 0 Å². The Hall–Kier alpha value is -2.22. The van der Waals surface area contributed by atoms with E-state index in [9.17, 15) is 14.4 Å². The topological polar surface area (TPSA) is 87.5 Å². The van der Waals surface area contributed by atoms with Crippen molar-refractivity contribution in [3.8, 4) is 0 Å². The number of thiophene rings is 1. The van der Waals surface area contributed by atoms with Crippen LogP contribution in [0.4, 0.5) is 0 Å². The van der Waals surface area contributed by atoms with Crippen molar-refractivity contribution in [2.75, 3.05) is 0 Å². The number of carbonyl (C=O) groups excluding carboxylic acids is 2. The van der Waals surface area contributed by atoms with Crippen LogP contribution >= 0.6 is 11.3 Å². The van der Waals surface area contributed by atoms with Gasteiger partial charge in [0.05, 0.1) is 18.1 Å². The van der Waals surface area contributed by atoms with Crippen LogP contribution in [0.25, 0.3) is 10.2 Å². The van der Waals surface area contributed by atoms with Crippen molar-refractivity contribution in [1.29, 1.82) is 0 Å². The number of nitrogens with zero attached hydrogens (tertiary/aromatic N) is 2. The fraction of sp³-hybridized carbons (Fsp3) is 0.556. The molecule has 4 rings (SSSR count). The number of cyclic esters (lactones) is 1. The smallest absolute Gasteiger partial charge is 0.347 e. The fourth-order valence-electron chi connectivity index (χ4n) is 3.59. The van der Waals surface area contributed by atoms with Gasteiger partial charge in [-0.2, -0.15) is 0 Å². The standard InChI is InChI=1S/C18H20N2O5S/c1-10-8-12(18(23)24-10)25-14(21)6-7-20-9-19-16-15(17(20)22)11-4-2-3-5-13(11)26-16/h9-10,12H,2-8H2,1H3/t10-,12+/m1/s1. The third kappa shape index (κ3) is 3.13. The molecular weight excluding hydrogens is 356 g/mol. The monoisotopic (exact) mass is 376 g/mol. The second kappa shape index (κ2) is 6.83. The van der Waals surface area contributed by atoms with E-state index in [-0.39, 0.29) is 24.6 Å². The van der Waals surface area contributed by atoms with Gasteiger partial charge in [-0.1, -0.05) is 0 Å². The number of ether oxygens (including phenoxy) is 2. The van der Waals surface area contributed by atoms with Crippen LogP contribution < -0.4 is 5.56 Å². The van der Waals surface area contributed by atoms with Gasteiger partial charge in [0, 0.05) is 17.8 Å². The SMILES string of the molecule is C[C@@H]1C[C@H](OC(=O)CCn2cnc3sc4c(c3c2=O)CCCC4)C(=O)O1. The molecule has 2 aliphatic rings. The summed E-state index contributed by atoms with van der Waals surface area (Å²) in [6.45, 7) is 1.94. The highest BCUT2D eigenvalue weighted by Gasteiger charge is 2.34. The fourth-order valence-corrected chi connectivity index (χ4v) is 4.81. The molecule has 0 amide bonds. The Labute approximate surface area is 153 Å². The van der Waals surface area contributed by atoms with Crippen molar-refractivity contribution < 1.29 is 19.1 Å². The number of esters is 2. The molecule has 1 aliphatic heterocycles. The van der Waals surface area contributed by atoms with Gasteiger partial charge < -0.3 is 9.47 Å². The molecule has 0 radical (unpaired) electrons. The molecule has 2 aromatic rings. The lowest BCUT2D eigenvalue weighted by atomic mass is 9.97. The van der Waals surface area contributed by atoms with Crippen molar-refractivity contribution in [2.24, 2.45) is 0 Å². The van der Waals surface area contributed by atoms with Crippen LogP contribution in [0.5, 0.6) is 0 Å². The van der Waals surface area contributed by atoms with Crippen molar-refractivity contribution in [2.45, 2.75) is 64.2 Å². The highest BCUT2D eigenvalue weighted by atomic mass is 32.1. The van der Waals surface area contributed by atoms with E-state index in [1.165, 1.54) is 15.8 Å². The zero-order valence-corrected chi connectivity index (χ0v) is 15.3. The average molecular weight is 376 g/mol. The third-order valence-electron chi connectivity index (χ3n) is 4.90. The molecule has 2 atom stereocenters. The lowest BCUT2D eigenvalue weighted by molar-refractivity contribution is -0.161. The van der Waals surface area contributed by atoms with Gasteiger partial charge in [0.1, 0.15) is 10.9 Å². The summed E-state index contributed by atoms with van der Waals surface area (Å²) in [5.74, 6) is -1.02. The van der Waals surface area contributed by atoms with Gasteiger partial charge in [-0.05, 0) is 38.2 Å². The average Bonchev–Trinajstić information content (AvgIpc) is 3.14. The summed E-state index contributed by atoms with van der Waals surface area (Å²) in [6.07, 6.45) is 4.98. The number of rotatable bonds is 4. The Balaban J connectivity index is 1.47. The van der Waals surface area contributed by atoms with Crippen LogP contribution in [0.3, 0.4) is 0 Å². The second-order valence-corrected chi connectivity index (χ2v) is 7.93. The quantitative estimate of drug-likeness (QED) is 0.758. The first kappa shape index (κ1) is 17.2. The molecule has 26 heavy (non-hydrogen) atoms. The molecule has 0 aromatic carbocycles. The maximum absolute atomic E-state index is 12.8. The highest BCUT2D eigenvalue weighted by molar-refractivity contribution is 7.18. The largest absolute Gasteiger partial charge is 0.460 e. The van der Waals surface area contributed by atoms with Gasteiger partial charge in [0.2, 0.25) is 6.10 Å². The molecule has 0 bridgehead atoms. The van der Waals surface area contributed by atoms with Gasteiger partial charge in [-0.3, -0.25) is 14.2 Å². The van der Waals surface area contributed by atoms with Gasteiger partial charge in [-0.25, -0.2) is 9.78 Å². The normalized spacial score (nSPS) is 22.3. The predicted molar refractivity (Wildman–Crippen MR) is 95.2 cm³/mol. The summed E-state index contributed by atoms with van der Waals surface area (Å²) in [7, 11) is 0. The van der Waals surface area contributed by atoms with E-state index in [0.717, 1.165) is 36.1 Å². The summed E-state index contributed by atoms with van der Waals surface area (Å²) in [5, 5.41) is 0.703. The summed E-state index contributed by atoms with van der Waals surface area (Å²) < 4.78 is 11.6. The third-order valence-corrected chi connectivity index (χ3v) is 6.10. The summed E-state index contributed by atoms with van der Waals surface area (Å²) in [6, 6.07) is 0. The number of aromatic nitrogens is 2. The van der Waals surface area contributed by atoms with Gasteiger partial charge in [0.15, 0.2) is 0 Å². The van der Waals surface area contributed by atoms with Crippen LogP contribution in [-0.2, 0) is 38.4 Å². The predicted octanol–water partition coefficient (Wildman–Crippen LogP) is 1.97. The molecule has 138 valence electrons. The van der Waals surface area contributed by atoms with E-state index in [0.29, 0.717) is 11.8 Å². The maximum Gasteiger partial charge on any atom is 0.347 e. The van der Waals surface area contributed by atoms with E-state index < -0.39 is 18.0 Å². The number of hydrogen-bond donors (Lipinski definition) is 0. The van der Waals surface area contributed by atoms with Crippen LogP contribution in [0.2, 0.25) is 0 Å². The molecule has 1 saturated heterocycles. The van der Waals surface area contributed by atoms with Crippen molar-refractivity contribution in [3.63, 3.8) is 0 Å². The van der Waals surface area contributed by atoms with Crippen LogP contribution in [0.1, 0.15) is 43.0 Å². The number of carbonyl (C=O) groups is 2. The first-order chi connectivity index (χ1) is 12.5. The minimum absolute atomic E-state index is 0.0115. The first-order valence-electron chi connectivity index (χ1n) is 8.92. The Kier molecular flexibility index (Phi) is 4.52. The van der Waals surface area contributed by atoms with Crippen LogP contribution in [0.15, 0.2) is 11.1 Å². The van der Waals surface area contributed by atoms with E-state index in [2.05, 4.69) is 4.98 Å². The molecule has 0 N–H and O–H groups in total. The van der Waals surface area contributed by atoms with Gasteiger partial charge in [0.25, 0.3) is 5.56 Å². The molecular formula is C18H20N2O5S. The molecule has 8 heteroatoms. The molecule has 7 nitrogen and oxygen atoms in total. The van der Waals surface area contributed by atoms with Crippen molar-refractivity contribution in [3.05, 3.63) is 27.1 Å². The molecule has 0 saturated carbocycles. The van der Waals surface area contributed by atoms with E-state index >= 15 is 0 Å². The highest BCUT2D eigenvalue weighted by Crippen LogP contribution is 2.33. The summed E-state index contributed by atoms with van der Waals surface area (Å²) >= 11 is 1.60. The van der Waals surface area contributed by atoms with Gasteiger partial charge in [-0.15, -0.1) is 11.3 Å². The van der Waals surface area contributed by atoms with Gasteiger partial charge >= 0.3 is 11.9 Å². The summed E-state index contributed by atoms with van der Waals surface area (Å²) in [4.78, 5) is 42.8. The van der Waals surface area contributed by atoms with Crippen molar-refractivity contribution >= 4 is 33.5 Å². The zero-order chi connectivity index (χ0) is 18.3. The molecule has 1 fully saturated rings. The minimum Gasteiger partial charge on any atom is -0.460 e. The molecule has 1 aliphatic carbocycles. The van der Waals surface area contributed by atoms with Crippen molar-refractivity contribution in [1.82, 2.24) is 9.55 Å². The Bertz CT molecular complexity index is 932. The maximum atomic E-state index is 12.8. The van der Waals surface area contributed by atoms with E-state index in [1.54, 1.807) is 18.3 Å². The Morgan fingerprint density at radius 1 is 1.38 bits per heavy atom. The Morgan fingerprint density at radius 3 is 2.96 bits per heavy atom. The molecule has 0 unspecified atom stereocenters. The second-order valence-electron chi connectivity index (χ2n) is 6.85. The lowest BCUT2D eigenvalue weighted by Crippen LogP contribution is -2.26. The number of fused-ring (bicyclic) bond motifs is 3. The number of aryl methyl sites for hydroxylation is 3. The lowest BCUT2D eigenvalue weighted by Gasteiger charge is -2.11. The van der Waals surface area contributed by atoms with E-state index in [4.69, 9.17) is 9.47 Å². The Morgan fingerprint density at radius 2 is 2.19 bits per heavy atom. The molecule has 3 heterocycles. The minimum atomic E-state index is -0.835. The summed E-state index contributed by atoms with van der Waals surface area (Å²) in [5.41, 5.74) is 1.03. The number of hydrogen-bond acceptors (Lipinski definition) is 7. The zero-order valence-electron chi connectivity index (χ0n) is 14.5. The molecule has 2 aromatic heterocycles. The molecule has 0 spiro atoms.